The Kier molecular flexibility index (Phi) is 9.15. The first-order valence-corrected chi connectivity index (χ1v) is 13.6. The van der Waals surface area contributed by atoms with E-state index in [1.807, 2.05) is 26.8 Å². The maximum atomic E-state index is 15.0. The van der Waals surface area contributed by atoms with Crippen molar-refractivity contribution in [1.29, 1.82) is 0 Å². The lowest BCUT2D eigenvalue weighted by Crippen LogP contribution is -2.53. The molecule has 3 atom stereocenters. The Morgan fingerprint density at radius 3 is 2.41 bits per heavy atom. The number of nitrogens with one attached hydrogen (secondary N) is 2. The van der Waals surface area contributed by atoms with Gasteiger partial charge < -0.3 is 34.8 Å². The Morgan fingerprint density at radius 1 is 1.08 bits per heavy atom. The number of aliphatic hydroxyl groups is 2. The van der Waals surface area contributed by atoms with Crippen LogP contribution in [0, 0.1) is 11.7 Å². The molecule has 0 bridgehead atoms. The highest BCUT2D eigenvalue weighted by Gasteiger charge is 2.29. The third kappa shape index (κ3) is 7.92. The summed E-state index contributed by atoms with van der Waals surface area (Å²) >= 11 is 0. The number of hydrogen-bond donors (Lipinski definition) is 4. The number of ether oxygens (including phenoxy) is 2. The van der Waals surface area contributed by atoms with Crippen molar-refractivity contribution in [2.24, 2.45) is 5.92 Å². The van der Waals surface area contributed by atoms with Crippen molar-refractivity contribution >= 4 is 17.5 Å². The molecule has 0 spiro atoms. The van der Waals surface area contributed by atoms with E-state index in [2.05, 4.69) is 15.5 Å². The van der Waals surface area contributed by atoms with Crippen molar-refractivity contribution in [3.05, 3.63) is 24.0 Å². The van der Waals surface area contributed by atoms with Gasteiger partial charge in [0.15, 0.2) is 0 Å². The molecule has 1 amide bonds. The van der Waals surface area contributed by atoms with Gasteiger partial charge in [0.1, 0.15) is 23.9 Å². The van der Waals surface area contributed by atoms with E-state index in [0.717, 1.165) is 38.8 Å². The van der Waals surface area contributed by atoms with Crippen LogP contribution in [0.2, 0.25) is 0 Å². The number of rotatable bonds is 6. The summed E-state index contributed by atoms with van der Waals surface area (Å²) in [4.78, 5) is 16.1. The molecule has 0 saturated carbocycles. The molecule has 37 heavy (non-hydrogen) atoms. The standard InChI is InChI=1S/C27H43FN4O5/c1-27(2,3)37-26(35)32-14-10-20(11-15-32)36-17-18-8-12-31(13-9-18)23-6-4-19(16-21(23)28)29-22-5-7-24(33)30-25(22)34/h4,6,16,18,20,22,24-25,29-30,33-34H,5,7-15,17H2,1-3H3. The van der Waals surface area contributed by atoms with Gasteiger partial charge in [-0.05, 0) is 83.4 Å². The molecule has 3 heterocycles. The lowest BCUT2D eigenvalue weighted by molar-refractivity contribution is -0.0230. The SMILES string of the molecule is CC(C)(C)OC(=O)N1CCC(OCC2CCN(c3ccc(NC4CCC(O)NC4O)cc3F)CC2)CC1. The predicted octanol–water partition coefficient (Wildman–Crippen LogP) is 3.26. The van der Waals surface area contributed by atoms with Crippen LogP contribution >= 0.6 is 0 Å². The molecule has 0 aliphatic carbocycles. The fourth-order valence-electron chi connectivity index (χ4n) is 5.25. The second-order valence-corrected chi connectivity index (χ2v) is 11.6. The smallest absolute Gasteiger partial charge is 0.410 e. The van der Waals surface area contributed by atoms with Crippen LogP contribution in [0.3, 0.4) is 0 Å². The Hall–Kier alpha value is -2.14. The van der Waals surface area contributed by atoms with Gasteiger partial charge in [-0.1, -0.05) is 0 Å². The maximum Gasteiger partial charge on any atom is 0.410 e. The zero-order valence-electron chi connectivity index (χ0n) is 22.3. The molecular weight excluding hydrogens is 479 g/mol. The van der Waals surface area contributed by atoms with E-state index in [9.17, 15) is 19.4 Å². The van der Waals surface area contributed by atoms with Crippen molar-refractivity contribution in [3.8, 4) is 0 Å². The molecule has 0 aromatic heterocycles. The summed E-state index contributed by atoms with van der Waals surface area (Å²) in [6.45, 7) is 9.19. The summed E-state index contributed by atoms with van der Waals surface area (Å²) in [5, 5.41) is 25.5. The van der Waals surface area contributed by atoms with Crippen LogP contribution in [-0.4, -0.2) is 84.2 Å². The van der Waals surface area contributed by atoms with E-state index in [1.165, 1.54) is 6.07 Å². The molecular formula is C27H43FN4O5. The number of carbonyl (C=O) groups is 1. The number of hydrogen-bond acceptors (Lipinski definition) is 8. The Labute approximate surface area is 219 Å². The maximum absolute atomic E-state index is 15.0. The van der Waals surface area contributed by atoms with E-state index in [0.29, 0.717) is 49.8 Å². The van der Waals surface area contributed by atoms with Gasteiger partial charge in [-0.15, -0.1) is 0 Å². The van der Waals surface area contributed by atoms with Crippen LogP contribution in [0.15, 0.2) is 18.2 Å². The minimum Gasteiger partial charge on any atom is -0.444 e. The van der Waals surface area contributed by atoms with E-state index in [-0.39, 0.29) is 24.1 Å². The number of likely N-dealkylation sites (tertiary alicyclic amines) is 1. The Bertz CT molecular complexity index is 897. The van der Waals surface area contributed by atoms with Crippen molar-refractivity contribution in [2.45, 2.75) is 89.5 Å². The van der Waals surface area contributed by atoms with Crippen molar-refractivity contribution in [3.63, 3.8) is 0 Å². The molecule has 3 fully saturated rings. The van der Waals surface area contributed by atoms with Crippen LogP contribution < -0.4 is 15.5 Å². The largest absolute Gasteiger partial charge is 0.444 e. The average molecular weight is 523 g/mol. The quantitative estimate of drug-likeness (QED) is 0.451. The monoisotopic (exact) mass is 522 g/mol. The molecule has 4 N–H and O–H groups in total. The van der Waals surface area contributed by atoms with E-state index in [4.69, 9.17) is 9.47 Å². The first-order chi connectivity index (χ1) is 17.6. The van der Waals surface area contributed by atoms with E-state index < -0.39 is 18.1 Å². The van der Waals surface area contributed by atoms with E-state index >= 15 is 0 Å². The summed E-state index contributed by atoms with van der Waals surface area (Å²) in [5.41, 5.74) is 0.726. The first kappa shape index (κ1) is 27.9. The van der Waals surface area contributed by atoms with Gasteiger partial charge in [0, 0.05) is 38.5 Å². The Balaban J connectivity index is 1.17. The third-order valence-corrected chi connectivity index (χ3v) is 7.41. The molecule has 1 aromatic rings. The van der Waals surface area contributed by atoms with Crippen LogP contribution in [0.5, 0.6) is 0 Å². The molecule has 10 heteroatoms. The molecule has 0 radical (unpaired) electrons. The number of carbonyl (C=O) groups excluding carboxylic acids is 1. The molecule has 3 aliphatic heterocycles. The second kappa shape index (κ2) is 12.1. The van der Waals surface area contributed by atoms with Gasteiger partial charge in [-0.2, -0.15) is 0 Å². The number of aliphatic hydroxyl groups excluding tert-OH is 2. The zero-order chi connectivity index (χ0) is 26.6. The number of halogens is 1. The second-order valence-electron chi connectivity index (χ2n) is 11.6. The lowest BCUT2D eigenvalue weighted by Gasteiger charge is -2.36. The van der Waals surface area contributed by atoms with Gasteiger partial charge in [0.05, 0.1) is 17.8 Å². The Morgan fingerprint density at radius 2 is 1.78 bits per heavy atom. The topological polar surface area (TPSA) is 107 Å². The fraction of sp³-hybridized carbons (Fsp3) is 0.741. The summed E-state index contributed by atoms with van der Waals surface area (Å²) in [5.74, 6) is 0.162. The van der Waals surface area contributed by atoms with Crippen LogP contribution in [0.4, 0.5) is 20.6 Å². The summed E-state index contributed by atoms with van der Waals surface area (Å²) in [7, 11) is 0. The summed E-state index contributed by atoms with van der Waals surface area (Å²) in [6.07, 6.45) is 2.96. The van der Waals surface area contributed by atoms with Crippen LogP contribution in [0.25, 0.3) is 0 Å². The van der Waals surface area contributed by atoms with Gasteiger partial charge >= 0.3 is 6.09 Å². The highest BCUT2D eigenvalue weighted by atomic mass is 19.1. The first-order valence-electron chi connectivity index (χ1n) is 13.6. The van der Waals surface area contributed by atoms with Crippen LogP contribution in [-0.2, 0) is 9.47 Å². The summed E-state index contributed by atoms with van der Waals surface area (Å²) in [6, 6.07) is 4.83. The normalized spacial score (nSPS) is 26.3. The van der Waals surface area contributed by atoms with Crippen LogP contribution in [0.1, 0.15) is 59.3 Å². The minimum absolute atomic E-state index is 0.162. The van der Waals surface area contributed by atoms with Gasteiger partial charge in [0.2, 0.25) is 0 Å². The predicted molar refractivity (Wildman–Crippen MR) is 140 cm³/mol. The van der Waals surface area contributed by atoms with Crippen molar-refractivity contribution in [2.75, 3.05) is 43.0 Å². The van der Waals surface area contributed by atoms with Gasteiger partial charge in [-0.3, -0.25) is 5.32 Å². The molecule has 3 aliphatic rings. The molecule has 9 nitrogen and oxygen atoms in total. The van der Waals surface area contributed by atoms with Gasteiger partial charge in [-0.25, -0.2) is 9.18 Å². The molecule has 4 rings (SSSR count). The molecule has 3 unspecified atom stereocenters. The zero-order valence-corrected chi connectivity index (χ0v) is 22.3. The highest BCUT2D eigenvalue weighted by Crippen LogP contribution is 2.29. The highest BCUT2D eigenvalue weighted by molar-refractivity contribution is 5.68. The molecule has 208 valence electrons. The molecule has 3 saturated heterocycles. The number of benzene rings is 1. The number of amides is 1. The van der Waals surface area contributed by atoms with Gasteiger partial charge in [0.25, 0.3) is 0 Å². The fourth-order valence-corrected chi connectivity index (χ4v) is 5.25. The summed E-state index contributed by atoms with van der Waals surface area (Å²) < 4.78 is 26.6. The molecule has 1 aromatic carbocycles. The van der Waals surface area contributed by atoms with Crippen molar-refractivity contribution in [1.82, 2.24) is 10.2 Å². The lowest BCUT2D eigenvalue weighted by atomic mass is 9.97. The number of piperidine rings is 3. The number of anilines is 2. The average Bonchev–Trinajstić information content (AvgIpc) is 2.84. The third-order valence-electron chi connectivity index (χ3n) is 7.41. The van der Waals surface area contributed by atoms with E-state index in [1.54, 1.807) is 11.0 Å². The minimum atomic E-state index is -0.884. The number of nitrogens with zero attached hydrogens (tertiary/aromatic N) is 2. The van der Waals surface area contributed by atoms with Crippen molar-refractivity contribution < 1.29 is 28.9 Å².